The van der Waals surface area contributed by atoms with Crippen molar-refractivity contribution in [2.24, 2.45) is 0 Å². The highest BCUT2D eigenvalue weighted by Crippen LogP contribution is 2.45. The maximum Gasteiger partial charge on any atom is 0.161 e. The van der Waals surface area contributed by atoms with Gasteiger partial charge < -0.3 is 18.9 Å². The van der Waals surface area contributed by atoms with E-state index in [1.165, 1.54) is 33.4 Å². The zero-order valence-corrected chi connectivity index (χ0v) is 16.9. The van der Waals surface area contributed by atoms with E-state index in [4.69, 9.17) is 18.9 Å². The van der Waals surface area contributed by atoms with Gasteiger partial charge in [0.2, 0.25) is 0 Å². The summed E-state index contributed by atoms with van der Waals surface area (Å²) in [6, 6.07) is 8.43. The quantitative estimate of drug-likeness (QED) is 0.727. The van der Waals surface area contributed by atoms with Crippen LogP contribution in [0.15, 0.2) is 36.4 Å². The van der Waals surface area contributed by atoms with Gasteiger partial charge in [-0.3, -0.25) is 0 Å². The van der Waals surface area contributed by atoms with Crippen LogP contribution in [0.2, 0.25) is 0 Å². The average molecular weight is 378 g/mol. The summed E-state index contributed by atoms with van der Waals surface area (Å²) in [5.74, 6) is 3.09. The van der Waals surface area contributed by atoms with Gasteiger partial charge in [-0.15, -0.1) is 0 Å². The van der Waals surface area contributed by atoms with Crippen LogP contribution in [0.1, 0.15) is 35.1 Å². The highest BCUT2D eigenvalue weighted by molar-refractivity contribution is 6.07. The third-order valence-electron chi connectivity index (χ3n) is 5.61. The van der Waals surface area contributed by atoms with Crippen molar-refractivity contribution in [3.8, 4) is 23.0 Å². The number of fused-ring (bicyclic) bond motifs is 2. The van der Waals surface area contributed by atoms with Gasteiger partial charge in [-0.1, -0.05) is 12.2 Å². The first kappa shape index (κ1) is 18.5. The Morgan fingerprint density at radius 3 is 1.25 bits per heavy atom. The lowest BCUT2D eigenvalue weighted by Gasteiger charge is -2.26. The molecular formula is C24H26O4. The number of ether oxygens (including phenoxy) is 4. The van der Waals surface area contributed by atoms with Gasteiger partial charge in [0, 0.05) is 0 Å². The standard InChI is InChI=1S/C24H26O4/c1-25-21-11-15-7-5-9-17(19(15)13-23(21)27-3)18-10-6-8-16-12-22(26-2)24(28-4)14-20(16)18/h9-14H,5-8H2,1-4H3. The van der Waals surface area contributed by atoms with Gasteiger partial charge in [-0.05, 0) is 83.3 Å². The average Bonchev–Trinajstić information content (AvgIpc) is 2.76. The Bertz CT molecular complexity index is 890. The van der Waals surface area contributed by atoms with E-state index < -0.39 is 0 Å². The van der Waals surface area contributed by atoms with Crippen molar-refractivity contribution in [2.45, 2.75) is 25.7 Å². The molecule has 0 radical (unpaired) electrons. The number of aryl methyl sites for hydroxylation is 2. The molecule has 4 heteroatoms. The molecule has 0 saturated carbocycles. The Balaban J connectivity index is 1.84. The summed E-state index contributed by atoms with van der Waals surface area (Å²) in [7, 11) is 6.73. The fourth-order valence-corrected chi connectivity index (χ4v) is 4.23. The van der Waals surface area contributed by atoms with Crippen molar-refractivity contribution in [3.05, 3.63) is 58.7 Å². The normalized spacial score (nSPS) is 15.0. The van der Waals surface area contributed by atoms with Crippen molar-refractivity contribution in [2.75, 3.05) is 28.4 Å². The molecule has 2 aromatic rings. The van der Waals surface area contributed by atoms with E-state index in [0.717, 1.165) is 48.7 Å². The molecule has 0 N–H and O–H groups in total. The van der Waals surface area contributed by atoms with Gasteiger partial charge in [0.1, 0.15) is 0 Å². The summed E-state index contributed by atoms with van der Waals surface area (Å²) in [4.78, 5) is 0. The van der Waals surface area contributed by atoms with Crippen LogP contribution in [0.3, 0.4) is 0 Å². The molecule has 28 heavy (non-hydrogen) atoms. The predicted octanol–water partition coefficient (Wildman–Crippen LogP) is 5.08. The minimum absolute atomic E-state index is 0.762. The number of rotatable bonds is 5. The molecule has 4 nitrogen and oxygen atoms in total. The Morgan fingerprint density at radius 2 is 0.893 bits per heavy atom. The molecule has 0 bridgehead atoms. The highest BCUT2D eigenvalue weighted by atomic mass is 16.5. The van der Waals surface area contributed by atoms with Crippen LogP contribution in [0, 0.1) is 0 Å². The number of methoxy groups -OCH3 is 4. The van der Waals surface area contributed by atoms with Gasteiger partial charge >= 0.3 is 0 Å². The zero-order valence-electron chi connectivity index (χ0n) is 16.9. The van der Waals surface area contributed by atoms with E-state index in [9.17, 15) is 0 Å². The number of hydrogen-bond donors (Lipinski definition) is 0. The van der Waals surface area contributed by atoms with E-state index in [-0.39, 0.29) is 0 Å². The van der Waals surface area contributed by atoms with Crippen molar-refractivity contribution >= 4 is 11.1 Å². The first-order valence-electron chi connectivity index (χ1n) is 9.61. The summed E-state index contributed by atoms with van der Waals surface area (Å²) in [5.41, 5.74) is 7.55. The van der Waals surface area contributed by atoms with E-state index in [0.29, 0.717) is 0 Å². The second-order valence-corrected chi connectivity index (χ2v) is 7.04. The van der Waals surface area contributed by atoms with Crippen LogP contribution < -0.4 is 18.9 Å². The maximum absolute atomic E-state index is 5.57. The number of benzene rings is 2. The zero-order chi connectivity index (χ0) is 19.7. The Kier molecular flexibility index (Phi) is 5.03. The molecule has 0 aromatic heterocycles. The second-order valence-electron chi connectivity index (χ2n) is 7.04. The molecule has 0 spiro atoms. The molecule has 0 saturated heterocycles. The molecule has 0 unspecified atom stereocenters. The van der Waals surface area contributed by atoms with Crippen molar-refractivity contribution in [1.29, 1.82) is 0 Å². The van der Waals surface area contributed by atoms with Crippen molar-refractivity contribution in [1.82, 2.24) is 0 Å². The summed E-state index contributed by atoms with van der Waals surface area (Å²) >= 11 is 0. The Labute approximate surface area is 166 Å². The van der Waals surface area contributed by atoms with Gasteiger partial charge in [-0.25, -0.2) is 0 Å². The first-order valence-corrected chi connectivity index (χ1v) is 9.61. The van der Waals surface area contributed by atoms with Crippen LogP contribution in [0.5, 0.6) is 23.0 Å². The van der Waals surface area contributed by atoms with E-state index in [1.807, 2.05) is 0 Å². The molecule has 146 valence electrons. The summed E-state index contributed by atoms with van der Waals surface area (Å²) in [5, 5.41) is 0. The SMILES string of the molecule is COc1cc2c(cc1OC)C(C1=CCCc3cc(OC)c(OC)cc31)=CCC2. The number of hydrogen-bond acceptors (Lipinski definition) is 4. The van der Waals surface area contributed by atoms with Gasteiger partial charge in [0.05, 0.1) is 28.4 Å². The molecule has 0 amide bonds. The minimum atomic E-state index is 0.762. The van der Waals surface area contributed by atoms with Crippen molar-refractivity contribution in [3.63, 3.8) is 0 Å². The van der Waals surface area contributed by atoms with Crippen LogP contribution >= 0.6 is 0 Å². The molecule has 0 atom stereocenters. The molecule has 0 heterocycles. The lowest BCUT2D eigenvalue weighted by Crippen LogP contribution is -2.08. The lowest BCUT2D eigenvalue weighted by atomic mass is 9.79. The molecule has 4 rings (SSSR count). The molecular weight excluding hydrogens is 352 g/mol. The molecule has 2 aliphatic rings. The third kappa shape index (κ3) is 3.03. The summed E-state index contributed by atoms with van der Waals surface area (Å²) in [6.07, 6.45) is 8.71. The van der Waals surface area contributed by atoms with E-state index >= 15 is 0 Å². The molecule has 0 fully saturated rings. The van der Waals surface area contributed by atoms with Crippen LogP contribution in [-0.2, 0) is 12.8 Å². The lowest BCUT2D eigenvalue weighted by molar-refractivity contribution is 0.354. The molecule has 0 aliphatic heterocycles. The van der Waals surface area contributed by atoms with Crippen LogP contribution in [0.4, 0.5) is 0 Å². The van der Waals surface area contributed by atoms with Gasteiger partial charge in [-0.2, -0.15) is 0 Å². The van der Waals surface area contributed by atoms with Gasteiger partial charge in [0.15, 0.2) is 23.0 Å². The Hall–Kier alpha value is -2.88. The smallest absolute Gasteiger partial charge is 0.161 e. The fraction of sp³-hybridized carbons (Fsp3) is 0.333. The second kappa shape index (κ2) is 7.63. The van der Waals surface area contributed by atoms with Crippen LogP contribution in [0.25, 0.3) is 11.1 Å². The molecule has 2 aromatic carbocycles. The highest BCUT2D eigenvalue weighted by Gasteiger charge is 2.24. The maximum atomic E-state index is 5.57. The predicted molar refractivity (Wildman–Crippen MR) is 112 cm³/mol. The Morgan fingerprint density at radius 1 is 0.536 bits per heavy atom. The summed E-state index contributed by atoms with van der Waals surface area (Å²) in [6.45, 7) is 0. The topological polar surface area (TPSA) is 36.9 Å². The van der Waals surface area contributed by atoms with E-state index in [2.05, 4.69) is 36.4 Å². The summed E-state index contributed by atoms with van der Waals surface area (Å²) < 4.78 is 22.1. The number of allylic oxidation sites excluding steroid dienone is 4. The van der Waals surface area contributed by atoms with Crippen molar-refractivity contribution < 1.29 is 18.9 Å². The first-order chi connectivity index (χ1) is 13.7. The minimum Gasteiger partial charge on any atom is -0.493 e. The largest absolute Gasteiger partial charge is 0.493 e. The monoisotopic (exact) mass is 378 g/mol. The van der Waals surface area contributed by atoms with Gasteiger partial charge in [0.25, 0.3) is 0 Å². The van der Waals surface area contributed by atoms with Crippen LogP contribution in [-0.4, -0.2) is 28.4 Å². The molecule has 2 aliphatic carbocycles. The third-order valence-corrected chi connectivity index (χ3v) is 5.61. The fourth-order valence-electron chi connectivity index (χ4n) is 4.23. The van der Waals surface area contributed by atoms with E-state index in [1.54, 1.807) is 28.4 Å².